The Morgan fingerprint density at radius 2 is 1.33 bits per heavy atom. The van der Waals surface area contributed by atoms with Crippen molar-refractivity contribution in [2.45, 2.75) is 173 Å². The predicted octanol–water partition coefficient (Wildman–Crippen LogP) is 7.30. The average molecular weight is 1250 g/mol. The second-order valence-electron chi connectivity index (χ2n) is 25.4. The lowest BCUT2D eigenvalue weighted by atomic mass is 9.88. The van der Waals surface area contributed by atoms with Crippen LogP contribution in [0.3, 0.4) is 0 Å². The van der Waals surface area contributed by atoms with Crippen LogP contribution in [0.1, 0.15) is 131 Å². The number of nitroso groups, excluding NO2 is 1. The van der Waals surface area contributed by atoms with Gasteiger partial charge < -0.3 is 30.7 Å². The van der Waals surface area contributed by atoms with E-state index in [1.165, 1.54) is 16.1 Å². The second kappa shape index (κ2) is 31.2. The van der Waals surface area contributed by atoms with Crippen LogP contribution < -0.4 is 21.3 Å². The van der Waals surface area contributed by atoms with Crippen molar-refractivity contribution in [1.29, 1.82) is 0 Å². The fourth-order valence-electron chi connectivity index (χ4n) is 14.2. The standard InChI is InChI=1S/C34H45N7O3.C31H42F3N7O3.C2H6/c1-3-7-23-9-11-24(12-10-23)18-26-20-30(32(42)36-21-25-13-14-29-28(19-25)37-38-39(29)2)41(22-26)34(44)31-27(8-6-15-35-31)33(43)40-16-4-5-17-40;1-21-9-11-22(12-10-21)16-24-17-26(29(42)36-14-3-6-23-18-37-38(2)19-23)40(20-24)41(44)28-25(7-4-13-35-28)30(43)39-15-5-8-27(39)31(32,33)34;1-2/h9-14,19,26-27,30-31,35H,3-8,15-18,20-22H2,1-2H3,(H,36,42);9-12,18-19,24-28,35H,3-8,13-17,20H2,1-2H3;1-2H3/p+1/t26-,27+,30+,31-;24-,25+,26+,27?,28+;/m11./s1. The van der Waals surface area contributed by atoms with Gasteiger partial charge in [0.2, 0.25) is 29.5 Å². The maximum atomic E-state index is 14.3. The quantitative estimate of drug-likeness (QED) is 0.0474. The highest BCUT2D eigenvalue weighted by molar-refractivity contribution is 5.94. The van der Waals surface area contributed by atoms with E-state index in [2.05, 4.69) is 67.9 Å². The minimum Gasteiger partial charge on any atom is -0.354 e. The maximum absolute atomic E-state index is 14.3. The minimum atomic E-state index is -4.51. The number of likely N-dealkylation sites (tertiary alicyclic amines) is 3. The van der Waals surface area contributed by atoms with Crippen LogP contribution in [0.2, 0.25) is 0 Å². The van der Waals surface area contributed by atoms with Crippen molar-refractivity contribution >= 4 is 40.6 Å². The number of carbonyl (C=O) groups is 5. The van der Waals surface area contributed by atoms with E-state index in [9.17, 15) is 42.1 Å². The molecule has 488 valence electrons. The number of hydrogen-bond acceptors (Lipinski definition) is 11. The molecule has 0 radical (unpaired) electrons. The number of benzene rings is 3. The molecule has 8 heterocycles. The number of hydrogen-bond donors (Lipinski definition) is 4. The second-order valence-corrected chi connectivity index (χ2v) is 25.4. The summed E-state index contributed by atoms with van der Waals surface area (Å²) in [5.74, 6) is -2.28. The first-order chi connectivity index (χ1) is 43.4. The first-order valence-electron chi connectivity index (χ1n) is 33.0. The summed E-state index contributed by atoms with van der Waals surface area (Å²) in [6.45, 7) is 12.5. The van der Waals surface area contributed by atoms with Crippen molar-refractivity contribution in [3.8, 4) is 0 Å². The number of piperidine rings is 2. The van der Waals surface area contributed by atoms with Crippen molar-refractivity contribution < 1.29 is 42.0 Å². The van der Waals surface area contributed by atoms with Gasteiger partial charge in [0.15, 0.2) is 6.04 Å². The summed E-state index contributed by atoms with van der Waals surface area (Å²) in [7, 11) is 3.70. The number of nitrogens with zero attached hydrogens (tertiary/aromatic N) is 10. The smallest absolute Gasteiger partial charge is 0.354 e. The number of nitrogens with one attached hydrogen (secondary N) is 4. The van der Waals surface area contributed by atoms with Gasteiger partial charge in [-0.3, -0.25) is 34.0 Å². The lowest BCUT2D eigenvalue weighted by Crippen LogP contribution is -2.60. The Hall–Kier alpha value is -7.27. The van der Waals surface area contributed by atoms with Gasteiger partial charge in [-0.05, 0) is 162 Å². The van der Waals surface area contributed by atoms with Gasteiger partial charge in [0, 0.05) is 66.1 Å². The molecule has 6 fully saturated rings. The Morgan fingerprint density at radius 3 is 2.02 bits per heavy atom. The summed E-state index contributed by atoms with van der Waals surface area (Å²) < 4.78 is 44.6. The highest BCUT2D eigenvalue weighted by atomic mass is 19.4. The molecule has 90 heavy (non-hydrogen) atoms. The van der Waals surface area contributed by atoms with E-state index in [1.807, 2.05) is 88.4 Å². The van der Waals surface area contributed by atoms with Crippen molar-refractivity contribution in [2.24, 2.45) is 37.8 Å². The van der Waals surface area contributed by atoms with Crippen LogP contribution in [0.25, 0.3) is 11.0 Å². The Morgan fingerprint density at radius 1 is 0.689 bits per heavy atom. The normalized spacial score (nSPS) is 24.3. The zero-order chi connectivity index (χ0) is 64.1. The molecule has 3 aromatic carbocycles. The zero-order valence-electron chi connectivity index (χ0n) is 53.4. The molecule has 2 aromatic heterocycles. The number of halogens is 3. The van der Waals surface area contributed by atoms with Crippen LogP contribution in [-0.4, -0.2) is 168 Å². The summed E-state index contributed by atoms with van der Waals surface area (Å²) in [4.78, 5) is 88.0. The average Bonchev–Trinajstić information content (AvgIpc) is 1.65. The molecule has 1 unspecified atom stereocenters. The number of aryl methyl sites for hydroxylation is 5. The van der Waals surface area contributed by atoms with Crippen LogP contribution in [0.15, 0.2) is 79.1 Å². The first kappa shape index (κ1) is 67.1. The lowest BCUT2D eigenvalue weighted by molar-refractivity contribution is -0.745. The van der Waals surface area contributed by atoms with E-state index in [0.717, 1.165) is 96.2 Å². The number of aromatic nitrogens is 5. The number of carbonyl (C=O) groups excluding carboxylic acids is 5. The number of alkyl halides is 3. The van der Waals surface area contributed by atoms with E-state index in [-0.39, 0.29) is 60.8 Å². The van der Waals surface area contributed by atoms with Gasteiger partial charge in [0.1, 0.15) is 28.4 Å². The van der Waals surface area contributed by atoms with Crippen LogP contribution in [0.5, 0.6) is 0 Å². The molecular formula is C67H94F3N14O6+. The minimum absolute atomic E-state index is 0.00577. The Balaban J connectivity index is 0.000000208. The van der Waals surface area contributed by atoms with Crippen LogP contribution in [0, 0.1) is 35.5 Å². The molecule has 9 atom stereocenters. The van der Waals surface area contributed by atoms with Crippen LogP contribution in [0.4, 0.5) is 13.2 Å². The van der Waals surface area contributed by atoms with E-state index in [0.29, 0.717) is 89.1 Å². The highest BCUT2D eigenvalue weighted by Gasteiger charge is 2.55. The molecule has 5 aromatic rings. The van der Waals surface area contributed by atoms with E-state index >= 15 is 0 Å². The van der Waals surface area contributed by atoms with Crippen LogP contribution in [-0.2, 0) is 70.3 Å². The molecule has 0 saturated carbocycles. The predicted molar refractivity (Wildman–Crippen MR) is 337 cm³/mol. The molecule has 11 rings (SSSR count). The lowest BCUT2D eigenvalue weighted by Gasteiger charge is -2.36. The molecule has 20 nitrogen and oxygen atoms in total. The number of fused-ring (bicyclic) bond motifs is 1. The molecule has 23 heteroatoms. The molecule has 6 aliphatic heterocycles. The summed E-state index contributed by atoms with van der Waals surface area (Å²) >= 11 is 0. The van der Waals surface area contributed by atoms with E-state index < -0.39 is 48.3 Å². The van der Waals surface area contributed by atoms with Gasteiger partial charge in [-0.15, -0.1) is 10.1 Å². The number of hydrazine groups is 1. The molecule has 4 N–H and O–H groups in total. The van der Waals surface area contributed by atoms with Crippen molar-refractivity contribution in [2.75, 3.05) is 52.4 Å². The molecule has 5 amide bonds. The molecule has 6 aliphatic rings. The van der Waals surface area contributed by atoms with E-state index in [4.69, 9.17) is 0 Å². The maximum Gasteiger partial charge on any atom is 0.408 e. The summed E-state index contributed by atoms with van der Waals surface area (Å²) in [6, 6.07) is 19.0. The SMILES string of the molecule is CC.CCCc1ccc(C[C@@H]2C[C@@H](C(=O)NCc3ccc4c(c3)nnn4C)N(C(=O)[C@@H]3NCCC[C@@H]3C(=O)N3CCCC3)C2)cc1.Cc1ccc(C[C@@H]2C[C@@H](C(=O)NCCCc3cnn(C)c3)N([N+](=O)[C@@H]3NCCC[C@@H]3C(=O)N3CCCC3C(F)(F)F)C2)cc1. The Labute approximate surface area is 527 Å². The van der Waals surface area contributed by atoms with Crippen LogP contribution >= 0.6 is 0 Å². The van der Waals surface area contributed by atoms with Gasteiger partial charge in [0.05, 0.1) is 35.1 Å². The zero-order valence-corrected chi connectivity index (χ0v) is 53.4. The third kappa shape index (κ3) is 16.6. The number of rotatable bonds is 19. The summed E-state index contributed by atoms with van der Waals surface area (Å²) in [5.41, 5.74) is 8.49. The van der Waals surface area contributed by atoms with Gasteiger partial charge in [-0.1, -0.05) is 92.6 Å². The monoisotopic (exact) mass is 1250 g/mol. The molecule has 0 aliphatic carbocycles. The largest absolute Gasteiger partial charge is 0.408 e. The molecule has 0 spiro atoms. The summed E-state index contributed by atoms with van der Waals surface area (Å²) in [6.07, 6.45) is 8.93. The Bertz CT molecular complexity index is 3220. The third-order valence-corrected chi connectivity index (χ3v) is 18.8. The topological polar surface area (TPSA) is 215 Å². The van der Waals surface area contributed by atoms with Crippen molar-refractivity contribution in [3.63, 3.8) is 0 Å². The van der Waals surface area contributed by atoms with Crippen molar-refractivity contribution in [3.05, 3.63) is 117 Å². The Kier molecular flexibility index (Phi) is 23.2. The third-order valence-electron chi connectivity index (χ3n) is 18.8. The highest BCUT2D eigenvalue weighted by Crippen LogP contribution is 2.37. The van der Waals surface area contributed by atoms with Crippen molar-refractivity contribution in [1.82, 2.24) is 65.8 Å². The summed E-state index contributed by atoms with van der Waals surface area (Å²) in [5, 5.41) is 26.5. The van der Waals surface area contributed by atoms with Gasteiger partial charge in [-0.2, -0.15) is 18.3 Å². The van der Waals surface area contributed by atoms with Gasteiger partial charge in [0.25, 0.3) is 6.17 Å². The fraction of sp³-hybridized carbons (Fsp3) is 0.612. The fourth-order valence-corrected chi connectivity index (χ4v) is 14.2. The molecular weight excluding hydrogens is 1150 g/mol. The first-order valence-corrected chi connectivity index (χ1v) is 33.0. The molecule has 6 saturated heterocycles. The molecule has 0 bridgehead atoms. The van der Waals surface area contributed by atoms with Gasteiger partial charge in [-0.25, -0.2) is 4.68 Å². The van der Waals surface area contributed by atoms with E-state index in [1.54, 1.807) is 20.5 Å². The number of amides is 5. The van der Waals surface area contributed by atoms with Gasteiger partial charge >= 0.3 is 6.18 Å².